The molecule has 1 unspecified atom stereocenters. The Kier molecular flexibility index (Phi) is 4.91. The van der Waals surface area contributed by atoms with Gasteiger partial charge in [0.15, 0.2) is 0 Å². The van der Waals surface area contributed by atoms with E-state index in [0.29, 0.717) is 6.04 Å². The molecule has 2 aromatic heterocycles. The highest BCUT2D eigenvalue weighted by Crippen LogP contribution is 2.29. The number of aryl methyl sites for hydroxylation is 3. The van der Waals surface area contributed by atoms with Crippen LogP contribution in [0.5, 0.6) is 0 Å². The van der Waals surface area contributed by atoms with Crippen LogP contribution < -0.4 is 5.32 Å². The van der Waals surface area contributed by atoms with Gasteiger partial charge in [0.2, 0.25) is 0 Å². The summed E-state index contributed by atoms with van der Waals surface area (Å²) in [6.45, 7) is 6.45. The molecule has 3 nitrogen and oxygen atoms in total. The van der Waals surface area contributed by atoms with Crippen molar-refractivity contribution in [2.24, 2.45) is 0 Å². The van der Waals surface area contributed by atoms with Crippen molar-refractivity contribution in [3.8, 4) is 0 Å². The molecular formula is C19H23N3S. The summed E-state index contributed by atoms with van der Waals surface area (Å²) < 4.78 is 0. The van der Waals surface area contributed by atoms with Crippen LogP contribution in [0.4, 0.5) is 5.82 Å². The average molecular weight is 325 g/mol. The predicted octanol–water partition coefficient (Wildman–Crippen LogP) is 5.00. The van der Waals surface area contributed by atoms with E-state index in [0.717, 1.165) is 41.1 Å². The third-order valence-electron chi connectivity index (χ3n) is 3.97. The molecule has 1 aromatic carbocycles. The highest BCUT2D eigenvalue weighted by atomic mass is 32.1. The maximum Gasteiger partial charge on any atom is 0.138 e. The Hall–Kier alpha value is -1.94. The van der Waals surface area contributed by atoms with E-state index >= 15 is 0 Å². The number of aromatic nitrogens is 2. The molecule has 2 heterocycles. The van der Waals surface area contributed by atoms with E-state index in [4.69, 9.17) is 4.98 Å². The van der Waals surface area contributed by atoms with Crippen molar-refractivity contribution < 1.29 is 0 Å². The fraction of sp³-hybridized carbons (Fsp3) is 0.368. The van der Waals surface area contributed by atoms with E-state index in [9.17, 15) is 0 Å². The highest BCUT2D eigenvalue weighted by molar-refractivity contribution is 7.18. The number of anilines is 1. The minimum atomic E-state index is 0.373. The lowest BCUT2D eigenvalue weighted by Gasteiger charge is -2.15. The molecule has 1 N–H and O–H groups in total. The Morgan fingerprint density at radius 3 is 2.70 bits per heavy atom. The lowest BCUT2D eigenvalue weighted by atomic mass is 10.1. The Labute approximate surface area is 141 Å². The van der Waals surface area contributed by atoms with E-state index in [1.807, 2.05) is 0 Å². The van der Waals surface area contributed by atoms with Crippen LogP contribution in [0.1, 0.15) is 36.5 Å². The largest absolute Gasteiger partial charge is 0.367 e. The molecule has 120 valence electrons. The van der Waals surface area contributed by atoms with Crippen LogP contribution in [0.25, 0.3) is 10.2 Å². The van der Waals surface area contributed by atoms with E-state index in [2.05, 4.69) is 67.5 Å². The molecule has 0 amide bonds. The van der Waals surface area contributed by atoms with Gasteiger partial charge in [-0.05, 0) is 38.3 Å². The van der Waals surface area contributed by atoms with Crippen molar-refractivity contribution in [2.75, 3.05) is 5.32 Å². The van der Waals surface area contributed by atoms with Crippen LogP contribution in [-0.2, 0) is 12.8 Å². The van der Waals surface area contributed by atoms with Gasteiger partial charge < -0.3 is 5.32 Å². The van der Waals surface area contributed by atoms with Crippen molar-refractivity contribution in [1.82, 2.24) is 9.97 Å². The number of hydrogen-bond donors (Lipinski definition) is 1. The molecule has 0 aliphatic rings. The van der Waals surface area contributed by atoms with Crippen molar-refractivity contribution in [2.45, 2.75) is 46.1 Å². The molecule has 0 saturated heterocycles. The second-order valence-electron chi connectivity index (χ2n) is 5.99. The first-order valence-electron chi connectivity index (χ1n) is 8.23. The minimum Gasteiger partial charge on any atom is -0.367 e. The lowest BCUT2D eigenvalue weighted by Crippen LogP contribution is -2.17. The van der Waals surface area contributed by atoms with Gasteiger partial charge in [0.05, 0.1) is 5.39 Å². The van der Waals surface area contributed by atoms with Crippen LogP contribution in [0.2, 0.25) is 0 Å². The van der Waals surface area contributed by atoms with Gasteiger partial charge in [-0.25, -0.2) is 9.97 Å². The van der Waals surface area contributed by atoms with Crippen molar-refractivity contribution >= 4 is 27.4 Å². The molecule has 23 heavy (non-hydrogen) atoms. The Bertz CT molecular complexity index is 780. The molecule has 3 aromatic rings. The van der Waals surface area contributed by atoms with Crippen LogP contribution in [0, 0.1) is 6.92 Å². The summed E-state index contributed by atoms with van der Waals surface area (Å²) >= 11 is 1.74. The van der Waals surface area contributed by atoms with Gasteiger partial charge in [0, 0.05) is 17.3 Å². The topological polar surface area (TPSA) is 37.8 Å². The SMILES string of the molecule is CCc1nc(NC(C)CCc2ccccc2)c2cc(C)sc2n1. The average Bonchev–Trinajstić information content (AvgIpc) is 2.94. The van der Waals surface area contributed by atoms with Gasteiger partial charge in [0.25, 0.3) is 0 Å². The molecule has 0 fully saturated rings. The molecule has 0 aliphatic carbocycles. The van der Waals surface area contributed by atoms with Crippen molar-refractivity contribution in [3.05, 3.63) is 52.7 Å². The second kappa shape index (κ2) is 7.09. The molecule has 1 atom stereocenters. The Morgan fingerprint density at radius 2 is 1.96 bits per heavy atom. The van der Waals surface area contributed by atoms with E-state index < -0.39 is 0 Å². The standard InChI is InChI=1S/C19H23N3S/c1-4-17-21-18(16-12-14(3)23-19(16)22-17)20-13(2)10-11-15-8-6-5-7-9-15/h5-9,12-13H,4,10-11H2,1-3H3,(H,20,21,22). The normalized spacial score (nSPS) is 12.5. The molecular weight excluding hydrogens is 302 g/mol. The maximum atomic E-state index is 4.71. The molecule has 0 spiro atoms. The first kappa shape index (κ1) is 15.9. The monoisotopic (exact) mass is 325 g/mol. The van der Waals surface area contributed by atoms with Crippen LogP contribution >= 0.6 is 11.3 Å². The van der Waals surface area contributed by atoms with Crippen LogP contribution in [0.15, 0.2) is 36.4 Å². The first-order valence-corrected chi connectivity index (χ1v) is 9.05. The van der Waals surface area contributed by atoms with Crippen molar-refractivity contribution in [1.29, 1.82) is 0 Å². The number of benzene rings is 1. The molecule has 0 aliphatic heterocycles. The molecule has 0 saturated carbocycles. The quantitative estimate of drug-likeness (QED) is 0.693. The smallest absolute Gasteiger partial charge is 0.138 e. The van der Waals surface area contributed by atoms with Gasteiger partial charge in [-0.3, -0.25) is 0 Å². The number of fused-ring (bicyclic) bond motifs is 1. The van der Waals surface area contributed by atoms with E-state index in [1.54, 1.807) is 11.3 Å². The number of nitrogens with zero attached hydrogens (tertiary/aromatic N) is 2. The maximum absolute atomic E-state index is 4.71. The van der Waals surface area contributed by atoms with E-state index in [1.165, 1.54) is 10.4 Å². The summed E-state index contributed by atoms with van der Waals surface area (Å²) in [6, 6.07) is 13.2. The van der Waals surface area contributed by atoms with Crippen LogP contribution in [-0.4, -0.2) is 16.0 Å². The number of nitrogens with one attached hydrogen (secondary N) is 1. The zero-order valence-electron chi connectivity index (χ0n) is 14.0. The summed E-state index contributed by atoms with van der Waals surface area (Å²) in [5, 5.41) is 4.75. The lowest BCUT2D eigenvalue weighted by molar-refractivity contribution is 0.702. The fourth-order valence-corrected chi connectivity index (χ4v) is 3.59. The predicted molar refractivity (Wildman–Crippen MR) is 99.4 cm³/mol. The number of thiophene rings is 1. The third-order valence-corrected chi connectivity index (χ3v) is 4.91. The second-order valence-corrected chi connectivity index (χ2v) is 7.22. The molecule has 0 radical (unpaired) electrons. The Balaban J connectivity index is 1.74. The van der Waals surface area contributed by atoms with Gasteiger partial charge in [-0.15, -0.1) is 11.3 Å². The fourth-order valence-electron chi connectivity index (χ4n) is 2.69. The van der Waals surface area contributed by atoms with Gasteiger partial charge in [-0.2, -0.15) is 0 Å². The first-order chi connectivity index (χ1) is 11.2. The number of rotatable bonds is 6. The molecule has 0 bridgehead atoms. The van der Waals surface area contributed by atoms with Crippen LogP contribution in [0.3, 0.4) is 0 Å². The highest BCUT2D eigenvalue weighted by Gasteiger charge is 2.12. The van der Waals surface area contributed by atoms with Crippen molar-refractivity contribution in [3.63, 3.8) is 0 Å². The third kappa shape index (κ3) is 3.88. The van der Waals surface area contributed by atoms with Gasteiger partial charge in [-0.1, -0.05) is 37.3 Å². The summed E-state index contributed by atoms with van der Waals surface area (Å²) in [5.41, 5.74) is 1.38. The molecule has 3 rings (SSSR count). The summed E-state index contributed by atoms with van der Waals surface area (Å²) in [6.07, 6.45) is 3.02. The summed E-state index contributed by atoms with van der Waals surface area (Å²) in [7, 11) is 0. The Morgan fingerprint density at radius 1 is 1.17 bits per heavy atom. The zero-order chi connectivity index (χ0) is 16.2. The van der Waals surface area contributed by atoms with Gasteiger partial charge >= 0.3 is 0 Å². The summed E-state index contributed by atoms with van der Waals surface area (Å²) in [5.74, 6) is 1.90. The summed E-state index contributed by atoms with van der Waals surface area (Å²) in [4.78, 5) is 11.7. The molecule has 4 heteroatoms. The van der Waals surface area contributed by atoms with Gasteiger partial charge in [0.1, 0.15) is 16.5 Å². The number of hydrogen-bond acceptors (Lipinski definition) is 4. The zero-order valence-corrected chi connectivity index (χ0v) is 14.8. The minimum absolute atomic E-state index is 0.373. The van der Waals surface area contributed by atoms with E-state index in [-0.39, 0.29) is 0 Å².